The topological polar surface area (TPSA) is 48.1 Å². The number of rotatable bonds is 1. The van der Waals surface area contributed by atoms with Crippen LogP contribution in [0.1, 0.15) is 5.56 Å². The van der Waals surface area contributed by atoms with E-state index in [4.69, 9.17) is 5.73 Å². The average Bonchev–Trinajstić information content (AvgIpc) is 1.96. The van der Waals surface area contributed by atoms with E-state index in [-0.39, 0.29) is 11.3 Å². The number of hydrogen-bond donors (Lipinski definition) is 1. The van der Waals surface area contributed by atoms with Gasteiger partial charge in [0.25, 0.3) is 0 Å². The van der Waals surface area contributed by atoms with Gasteiger partial charge >= 0.3 is 6.36 Å². The van der Waals surface area contributed by atoms with Crippen molar-refractivity contribution < 1.29 is 22.3 Å². The van der Waals surface area contributed by atoms with Gasteiger partial charge in [0, 0.05) is 6.07 Å². The Hall–Kier alpha value is -1.53. The molecule has 78 valence electrons. The fraction of sp³-hybridized carbons (Fsp3) is 0.286. The molecule has 0 saturated heterocycles. The number of nitrogens with two attached hydrogens (primary N) is 1. The maximum Gasteiger partial charge on any atom is 0.574 e. The lowest BCUT2D eigenvalue weighted by Crippen LogP contribution is -2.18. The highest BCUT2D eigenvalue weighted by molar-refractivity contribution is 5.46. The van der Waals surface area contributed by atoms with Crippen LogP contribution < -0.4 is 10.5 Å². The Bertz CT molecular complexity index is 327. The van der Waals surface area contributed by atoms with Crippen LogP contribution in [0.2, 0.25) is 0 Å². The molecule has 0 atom stereocenters. The van der Waals surface area contributed by atoms with Crippen molar-refractivity contribution in [1.29, 1.82) is 0 Å². The Kier molecular flexibility index (Phi) is 2.50. The molecule has 0 aliphatic carbocycles. The van der Waals surface area contributed by atoms with Crippen molar-refractivity contribution in [2.24, 2.45) is 0 Å². The standard InChI is InChI=1S/C7H6F4N2O/c1-3-2-4(14-7(9,10)11)13-6(8)5(3)12/h2H,12H2,1H3. The Morgan fingerprint density at radius 2 is 2.00 bits per heavy atom. The molecule has 0 bridgehead atoms. The predicted octanol–water partition coefficient (Wildman–Crippen LogP) is 2.01. The van der Waals surface area contributed by atoms with Crippen molar-refractivity contribution in [3.63, 3.8) is 0 Å². The van der Waals surface area contributed by atoms with Crippen LogP contribution in [0.5, 0.6) is 5.88 Å². The molecule has 0 saturated carbocycles. The molecule has 0 spiro atoms. The van der Waals surface area contributed by atoms with Crippen LogP contribution in [0.25, 0.3) is 0 Å². The second-order valence-electron chi connectivity index (χ2n) is 2.53. The SMILES string of the molecule is Cc1cc(OC(F)(F)F)nc(F)c1N. The molecule has 2 N–H and O–H groups in total. The Labute approximate surface area is 76.5 Å². The second-order valence-corrected chi connectivity index (χ2v) is 2.53. The van der Waals surface area contributed by atoms with Gasteiger partial charge < -0.3 is 10.5 Å². The maximum absolute atomic E-state index is 12.7. The second kappa shape index (κ2) is 3.32. The molecular formula is C7H6F4N2O. The van der Waals surface area contributed by atoms with E-state index in [9.17, 15) is 17.6 Å². The van der Waals surface area contributed by atoms with Crippen molar-refractivity contribution >= 4 is 5.69 Å². The van der Waals surface area contributed by atoms with Crippen molar-refractivity contribution in [1.82, 2.24) is 4.98 Å². The third-order valence-corrected chi connectivity index (χ3v) is 1.42. The first-order chi connectivity index (χ1) is 6.29. The number of aryl methyl sites for hydroxylation is 1. The van der Waals surface area contributed by atoms with Crippen LogP contribution in [0.4, 0.5) is 23.2 Å². The molecule has 1 heterocycles. The highest BCUT2D eigenvalue weighted by Crippen LogP contribution is 2.24. The van der Waals surface area contributed by atoms with E-state index in [0.717, 1.165) is 6.07 Å². The highest BCUT2D eigenvalue weighted by atomic mass is 19.4. The summed E-state index contributed by atoms with van der Waals surface area (Å²) in [5.41, 5.74) is 4.98. The summed E-state index contributed by atoms with van der Waals surface area (Å²) in [6.45, 7) is 1.35. The molecule has 14 heavy (non-hydrogen) atoms. The summed E-state index contributed by atoms with van der Waals surface area (Å²) >= 11 is 0. The number of nitrogens with zero attached hydrogens (tertiary/aromatic N) is 1. The van der Waals surface area contributed by atoms with Crippen LogP contribution in [0.3, 0.4) is 0 Å². The van der Waals surface area contributed by atoms with E-state index < -0.39 is 18.2 Å². The Morgan fingerprint density at radius 1 is 1.43 bits per heavy atom. The molecule has 1 aromatic heterocycles. The highest BCUT2D eigenvalue weighted by Gasteiger charge is 2.32. The third-order valence-electron chi connectivity index (χ3n) is 1.42. The third kappa shape index (κ3) is 2.48. The summed E-state index contributed by atoms with van der Waals surface area (Å²) < 4.78 is 51.2. The smallest absolute Gasteiger partial charge is 0.395 e. The molecule has 0 radical (unpaired) electrons. The summed E-state index contributed by atoms with van der Waals surface area (Å²) in [4.78, 5) is 2.89. The van der Waals surface area contributed by atoms with Crippen molar-refractivity contribution in [2.45, 2.75) is 13.3 Å². The molecule has 3 nitrogen and oxygen atoms in total. The van der Waals surface area contributed by atoms with Gasteiger partial charge in [-0.3, -0.25) is 0 Å². The number of pyridine rings is 1. The van der Waals surface area contributed by atoms with E-state index in [1.807, 2.05) is 0 Å². The molecule has 1 rings (SSSR count). The largest absolute Gasteiger partial charge is 0.574 e. The van der Waals surface area contributed by atoms with E-state index in [2.05, 4.69) is 9.72 Å². The van der Waals surface area contributed by atoms with Crippen LogP contribution in [0.15, 0.2) is 6.07 Å². The van der Waals surface area contributed by atoms with Gasteiger partial charge in [-0.1, -0.05) is 0 Å². The number of nitrogen functional groups attached to an aromatic ring is 1. The average molecular weight is 210 g/mol. The molecule has 0 aliphatic heterocycles. The summed E-state index contributed by atoms with van der Waals surface area (Å²) in [6, 6.07) is 0.909. The monoisotopic (exact) mass is 210 g/mol. The van der Waals surface area contributed by atoms with Crippen LogP contribution >= 0.6 is 0 Å². The quantitative estimate of drug-likeness (QED) is 0.569. The van der Waals surface area contributed by atoms with Crippen molar-refractivity contribution in [2.75, 3.05) is 5.73 Å². The number of hydrogen-bond acceptors (Lipinski definition) is 3. The van der Waals surface area contributed by atoms with Gasteiger partial charge in [-0.05, 0) is 12.5 Å². The minimum Gasteiger partial charge on any atom is -0.395 e. The van der Waals surface area contributed by atoms with Gasteiger partial charge in [0.05, 0.1) is 5.69 Å². The van der Waals surface area contributed by atoms with Gasteiger partial charge in [-0.15, -0.1) is 13.2 Å². The lowest BCUT2D eigenvalue weighted by Gasteiger charge is -2.09. The molecule has 0 aliphatic rings. The molecule has 1 aromatic rings. The predicted molar refractivity (Wildman–Crippen MR) is 40.0 cm³/mol. The van der Waals surface area contributed by atoms with Crippen LogP contribution in [-0.2, 0) is 0 Å². The Morgan fingerprint density at radius 3 is 2.43 bits per heavy atom. The van der Waals surface area contributed by atoms with E-state index in [1.165, 1.54) is 6.92 Å². The van der Waals surface area contributed by atoms with Gasteiger partial charge in [-0.2, -0.15) is 9.37 Å². The summed E-state index contributed by atoms with van der Waals surface area (Å²) in [5, 5.41) is 0. The summed E-state index contributed by atoms with van der Waals surface area (Å²) in [7, 11) is 0. The molecule has 0 aromatic carbocycles. The lowest BCUT2D eigenvalue weighted by atomic mass is 10.2. The first kappa shape index (κ1) is 10.6. The minimum absolute atomic E-state index is 0.136. The molecule has 0 fully saturated rings. The minimum atomic E-state index is -4.89. The van der Waals surface area contributed by atoms with Gasteiger partial charge in [0.15, 0.2) is 0 Å². The van der Waals surface area contributed by atoms with Crippen molar-refractivity contribution in [3.8, 4) is 5.88 Å². The number of ether oxygens (including phenoxy) is 1. The number of anilines is 1. The number of alkyl halides is 3. The zero-order valence-corrected chi connectivity index (χ0v) is 7.02. The van der Waals surface area contributed by atoms with Gasteiger partial charge in [-0.25, -0.2) is 0 Å². The molecule has 0 amide bonds. The van der Waals surface area contributed by atoms with Gasteiger partial charge in [0.1, 0.15) is 0 Å². The maximum atomic E-state index is 12.7. The fourth-order valence-electron chi connectivity index (χ4n) is 0.786. The summed E-state index contributed by atoms with van der Waals surface area (Å²) in [6.07, 6.45) is -4.89. The van der Waals surface area contributed by atoms with E-state index in [1.54, 1.807) is 0 Å². The first-order valence-corrected chi connectivity index (χ1v) is 3.48. The Balaban J connectivity index is 3.02. The summed E-state index contributed by atoms with van der Waals surface area (Å²) in [5.74, 6) is -2.04. The molecular weight excluding hydrogens is 204 g/mol. The van der Waals surface area contributed by atoms with E-state index in [0.29, 0.717) is 0 Å². The fourth-order valence-corrected chi connectivity index (χ4v) is 0.786. The normalized spacial score (nSPS) is 11.5. The zero-order chi connectivity index (χ0) is 10.9. The molecule has 7 heteroatoms. The number of aromatic nitrogens is 1. The first-order valence-electron chi connectivity index (χ1n) is 3.48. The van der Waals surface area contributed by atoms with Crippen LogP contribution in [-0.4, -0.2) is 11.3 Å². The van der Waals surface area contributed by atoms with Gasteiger partial charge in [0.2, 0.25) is 11.8 Å². The zero-order valence-electron chi connectivity index (χ0n) is 7.02. The lowest BCUT2D eigenvalue weighted by molar-refractivity contribution is -0.276. The number of halogens is 4. The van der Waals surface area contributed by atoms with E-state index >= 15 is 0 Å². The van der Waals surface area contributed by atoms with Crippen molar-refractivity contribution in [3.05, 3.63) is 17.6 Å². The molecule has 0 unspecified atom stereocenters. The van der Waals surface area contributed by atoms with Crippen LogP contribution in [0, 0.1) is 12.9 Å².